The normalized spacial score (nSPS) is 10.5. The van der Waals surface area contributed by atoms with Crippen molar-refractivity contribution in [2.24, 2.45) is 7.05 Å². The van der Waals surface area contributed by atoms with Crippen LogP contribution < -0.4 is 5.32 Å². The molecule has 0 aliphatic heterocycles. The van der Waals surface area contributed by atoms with Crippen LogP contribution in [0.25, 0.3) is 0 Å². The predicted molar refractivity (Wildman–Crippen MR) is 66.3 cm³/mol. The van der Waals surface area contributed by atoms with Gasteiger partial charge in [-0.2, -0.15) is 5.10 Å². The number of halogens is 1. The minimum atomic E-state index is 0.500. The number of nitrogens with zero attached hydrogens (tertiary/aromatic N) is 5. The third-order valence-electron chi connectivity index (χ3n) is 1.90. The number of rotatable bonds is 4. The second kappa shape index (κ2) is 5.33. The van der Waals surface area contributed by atoms with Crippen molar-refractivity contribution >= 4 is 29.3 Å². The Bertz CT molecular complexity index is 514. The molecule has 0 atom stereocenters. The summed E-state index contributed by atoms with van der Waals surface area (Å²) in [5, 5.41) is 8.91. The van der Waals surface area contributed by atoms with E-state index in [1.165, 1.54) is 18.1 Å². The summed E-state index contributed by atoms with van der Waals surface area (Å²) in [6, 6.07) is 0. The van der Waals surface area contributed by atoms with Crippen LogP contribution in [-0.2, 0) is 7.05 Å². The molecule has 90 valence electrons. The molecular weight excluding hydrogens is 260 g/mol. The standard InChI is InChI=1S/C9H11ClN6S/c1-3-11-8-12-4-6(10)7(15-8)17-9-13-5-14-16(9)2/h4-5H,3H2,1-2H3,(H,11,12,15). The van der Waals surface area contributed by atoms with Gasteiger partial charge in [0.05, 0.1) is 11.2 Å². The van der Waals surface area contributed by atoms with Crippen molar-refractivity contribution in [3.63, 3.8) is 0 Å². The number of hydrogen-bond acceptors (Lipinski definition) is 6. The van der Waals surface area contributed by atoms with Crippen LogP contribution in [0.3, 0.4) is 0 Å². The van der Waals surface area contributed by atoms with E-state index in [1.54, 1.807) is 10.9 Å². The molecule has 0 radical (unpaired) electrons. The quantitative estimate of drug-likeness (QED) is 0.855. The monoisotopic (exact) mass is 270 g/mol. The maximum Gasteiger partial charge on any atom is 0.223 e. The molecule has 1 N–H and O–H groups in total. The van der Waals surface area contributed by atoms with E-state index in [0.29, 0.717) is 16.0 Å². The van der Waals surface area contributed by atoms with Crippen LogP contribution in [0, 0.1) is 0 Å². The summed E-state index contributed by atoms with van der Waals surface area (Å²) in [5.74, 6) is 0.557. The molecule has 2 aromatic rings. The number of aromatic nitrogens is 5. The molecule has 0 saturated heterocycles. The van der Waals surface area contributed by atoms with E-state index in [9.17, 15) is 0 Å². The Balaban J connectivity index is 2.25. The predicted octanol–water partition coefficient (Wildman–Crippen LogP) is 1.84. The molecule has 0 aromatic carbocycles. The highest BCUT2D eigenvalue weighted by molar-refractivity contribution is 7.99. The summed E-state index contributed by atoms with van der Waals surface area (Å²) in [6.45, 7) is 2.74. The number of nitrogens with one attached hydrogen (secondary N) is 1. The first kappa shape index (κ1) is 12.1. The smallest absolute Gasteiger partial charge is 0.223 e. The van der Waals surface area contributed by atoms with Gasteiger partial charge in [0, 0.05) is 13.6 Å². The van der Waals surface area contributed by atoms with Gasteiger partial charge in [0.25, 0.3) is 0 Å². The maximum absolute atomic E-state index is 6.03. The van der Waals surface area contributed by atoms with Crippen LogP contribution in [0.5, 0.6) is 0 Å². The van der Waals surface area contributed by atoms with Crippen LogP contribution in [0.4, 0.5) is 5.95 Å². The Morgan fingerprint density at radius 2 is 2.29 bits per heavy atom. The summed E-state index contributed by atoms with van der Waals surface area (Å²) < 4.78 is 1.66. The van der Waals surface area contributed by atoms with Crippen molar-refractivity contribution in [1.29, 1.82) is 0 Å². The van der Waals surface area contributed by atoms with Crippen molar-refractivity contribution in [3.05, 3.63) is 17.5 Å². The Kier molecular flexibility index (Phi) is 3.80. The van der Waals surface area contributed by atoms with E-state index in [2.05, 4.69) is 25.4 Å². The highest BCUT2D eigenvalue weighted by Gasteiger charge is 2.10. The van der Waals surface area contributed by atoms with E-state index in [-0.39, 0.29) is 0 Å². The molecule has 0 bridgehead atoms. The van der Waals surface area contributed by atoms with Crippen LogP contribution in [-0.4, -0.2) is 31.3 Å². The fourth-order valence-corrected chi connectivity index (χ4v) is 2.07. The minimum Gasteiger partial charge on any atom is -0.354 e. The van der Waals surface area contributed by atoms with Crippen LogP contribution in [0.2, 0.25) is 5.02 Å². The third kappa shape index (κ3) is 2.86. The minimum absolute atomic E-state index is 0.500. The Labute approximate surface area is 108 Å². The van der Waals surface area contributed by atoms with E-state index >= 15 is 0 Å². The number of hydrogen-bond donors (Lipinski definition) is 1. The van der Waals surface area contributed by atoms with Crippen molar-refractivity contribution in [3.8, 4) is 0 Å². The fourth-order valence-electron chi connectivity index (χ4n) is 1.13. The number of aryl methyl sites for hydroxylation is 1. The molecule has 2 aromatic heterocycles. The topological polar surface area (TPSA) is 68.5 Å². The lowest BCUT2D eigenvalue weighted by atomic mass is 10.6. The first-order valence-electron chi connectivity index (χ1n) is 4.99. The lowest BCUT2D eigenvalue weighted by molar-refractivity contribution is 0.684. The highest BCUT2D eigenvalue weighted by Crippen LogP contribution is 2.29. The van der Waals surface area contributed by atoms with Gasteiger partial charge in [-0.1, -0.05) is 11.6 Å². The van der Waals surface area contributed by atoms with Gasteiger partial charge in [-0.05, 0) is 18.7 Å². The van der Waals surface area contributed by atoms with E-state index < -0.39 is 0 Å². The molecule has 8 heteroatoms. The first-order valence-corrected chi connectivity index (χ1v) is 6.18. The van der Waals surface area contributed by atoms with Gasteiger partial charge in [0.1, 0.15) is 11.4 Å². The van der Waals surface area contributed by atoms with Gasteiger partial charge >= 0.3 is 0 Å². The van der Waals surface area contributed by atoms with Gasteiger partial charge in [-0.15, -0.1) is 0 Å². The second-order valence-electron chi connectivity index (χ2n) is 3.15. The zero-order valence-corrected chi connectivity index (χ0v) is 11.0. The third-order valence-corrected chi connectivity index (χ3v) is 3.35. The van der Waals surface area contributed by atoms with E-state index in [0.717, 1.165) is 11.7 Å². The summed E-state index contributed by atoms with van der Waals surface area (Å²) in [6.07, 6.45) is 3.06. The highest BCUT2D eigenvalue weighted by atomic mass is 35.5. The fraction of sp³-hybridized carbons (Fsp3) is 0.333. The number of anilines is 1. The van der Waals surface area contributed by atoms with Crippen molar-refractivity contribution in [2.75, 3.05) is 11.9 Å². The molecule has 0 unspecified atom stereocenters. The first-order chi connectivity index (χ1) is 8.20. The van der Waals surface area contributed by atoms with Crippen LogP contribution in [0.1, 0.15) is 6.92 Å². The molecule has 17 heavy (non-hydrogen) atoms. The van der Waals surface area contributed by atoms with Gasteiger partial charge in [-0.3, -0.25) is 0 Å². The molecule has 2 heterocycles. The molecule has 0 spiro atoms. The molecule has 0 aliphatic rings. The SMILES string of the molecule is CCNc1ncc(Cl)c(Sc2ncnn2C)n1. The van der Waals surface area contributed by atoms with E-state index in [1.807, 2.05) is 14.0 Å². The molecule has 0 aliphatic carbocycles. The molecular formula is C9H11ClN6S. The Hall–Kier alpha value is -1.34. The van der Waals surface area contributed by atoms with Gasteiger partial charge in [0.2, 0.25) is 5.95 Å². The molecule has 0 saturated carbocycles. The zero-order chi connectivity index (χ0) is 12.3. The summed E-state index contributed by atoms with van der Waals surface area (Å²) in [4.78, 5) is 12.5. The molecule has 0 amide bonds. The largest absolute Gasteiger partial charge is 0.354 e. The summed E-state index contributed by atoms with van der Waals surface area (Å²) in [7, 11) is 1.82. The lowest BCUT2D eigenvalue weighted by Gasteiger charge is -2.05. The Morgan fingerprint density at radius 3 is 2.94 bits per heavy atom. The van der Waals surface area contributed by atoms with Crippen LogP contribution in [0.15, 0.2) is 22.7 Å². The van der Waals surface area contributed by atoms with Crippen molar-refractivity contribution in [1.82, 2.24) is 24.7 Å². The molecule has 0 fully saturated rings. The maximum atomic E-state index is 6.03. The Morgan fingerprint density at radius 1 is 1.47 bits per heavy atom. The zero-order valence-electron chi connectivity index (χ0n) is 9.38. The van der Waals surface area contributed by atoms with E-state index in [4.69, 9.17) is 11.6 Å². The average Bonchev–Trinajstić information content (AvgIpc) is 2.70. The van der Waals surface area contributed by atoms with Crippen LogP contribution >= 0.6 is 23.4 Å². The summed E-state index contributed by atoms with van der Waals surface area (Å²) in [5.41, 5.74) is 0. The molecule has 6 nitrogen and oxygen atoms in total. The van der Waals surface area contributed by atoms with Gasteiger partial charge in [0.15, 0.2) is 5.16 Å². The van der Waals surface area contributed by atoms with Gasteiger partial charge < -0.3 is 5.32 Å². The van der Waals surface area contributed by atoms with Crippen molar-refractivity contribution in [2.45, 2.75) is 17.1 Å². The van der Waals surface area contributed by atoms with Crippen molar-refractivity contribution < 1.29 is 0 Å². The lowest BCUT2D eigenvalue weighted by Crippen LogP contribution is -2.02. The molecule has 2 rings (SSSR count). The van der Waals surface area contributed by atoms with Gasteiger partial charge in [-0.25, -0.2) is 19.6 Å². The summed E-state index contributed by atoms with van der Waals surface area (Å²) >= 11 is 7.39. The average molecular weight is 271 g/mol. The second-order valence-corrected chi connectivity index (χ2v) is 4.51.